The molecule has 2 aromatic carbocycles. The molecule has 0 bridgehead atoms. The number of carbonyl (C=O) groups excluding carboxylic acids is 1. The molecule has 4 rings (SSSR count). The standard InChI is InChI=1S/C20H18N6O/c27-20(22-11-10-15-12-21-13-23-15)19-25-17-9-5-4-8-16(17)18(26-19)24-14-6-2-1-3-7-14/h1-9,12-13H,10-11H2,(H,21,23)(H,22,27)(H,24,25,26). The zero-order chi connectivity index (χ0) is 18.5. The molecule has 1 amide bonds. The maximum Gasteiger partial charge on any atom is 0.289 e. The van der Waals surface area contributed by atoms with Gasteiger partial charge in [-0.1, -0.05) is 30.3 Å². The second-order valence-electron chi connectivity index (χ2n) is 5.99. The zero-order valence-corrected chi connectivity index (χ0v) is 14.5. The van der Waals surface area contributed by atoms with Crippen LogP contribution in [-0.4, -0.2) is 32.4 Å². The molecule has 0 aliphatic rings. The Morgan fingerprint density at radius 3 is 2.63 bits per heavy atom. The van der Waals surface area contributed by atoms with Gasteiger partial charge >= 0.3 is 0 Å². The molecule has 0 aliphatic heterocycles. The van der Waals surface area contributed by atoms with Gasteiger partial charge in [-0.25, -0.2) is 15.0 Å². The van der Waals surface area contributed by atoms with Crippen molar-refractivity contribution in [1.82, 2.24) is 25.3 Å². The Bertz CT molecular complexity index is 1050. The SMILES string of the molecule is O=C(NCCc1cnc[nH]1)c1nc(Nc2ccccc2)c2ccccc2n1. The molecular weight excluding hydrogens is 340 g/mol. The molecule has 4 aromatic rings. The van der Waals surface area contributed by atoms with Crippen LogP contribution in [0, 0.1) is 0 Å². The average Bonchev–Trinajstić information content (AvgIpc) is 3.22. The summed E-state index contributed by atoms with van der Waals surface area (Å²) in [6, 6.07) is 17.3. The normalized spacial score (nSPS) is 10.7. The highest BCUT2D eigenvalue weighted by Crippen LogP contribution is 2.23. The first kappa shape index (κ1) is 16.7. The first-order valence-corrected chi connectivity index (χ1v) is 8.64. The molecule has 0 fully saturated rings. The smallest absolute Gasteiger partial charge is 0.289 e. The minimum absolute atomic E-state index is 0.136. The van der Waals surface area contributed by atoms with Gasteiger partial charge in [-0.3, -0.25) is 4.79 Å². The number of para-hydroxylation sites is 2. The van der Waals surface area contributed by atoms with Crippen molar-refractivity contribution in [3.8, 4) is 0 Å². The Balaban J connectivity index is 1.57. The van der Waals surface area contributed by atoms with Crippen LogP contribution in [0.25, 0.3) is 10.9 Å². The molecule has 0 aliphatic carbocycles. The lowest BCUT2D eigenvalue weighted by Gasteiger charge is -2.11. The average molecular weight is 358 g/mol. The Morgan fingerprint density at radius 2 is 1.81 bits per heavy atom. The molecule has 7 heteroatoms. The van der Waals surface area contributed by atoms with Gasteiger partial charge in [-0.15, -0.1) is 0 Å². The predicted molar refractivity (Wildman–Crippen MR) is 104 cm³/mol. The van der Waals surface area contributed by atoms with E-state index in [9.17, 15) is 4.79 Å². The summed E-state index contributed by atoms with van der Waals surface area (Å²) in [6.45, 7) is 0.471. The quantitative estimate of drug-likeness (QED) is 0.492. The van der Waals surface area contributed by atoms with E-state index in [0.717, 1.165) is 16.8 Å². The Morgan fingerprint density at radius 1 is 1.00 bits per heavy atom. The third-order valence-electron chi connectivity index (χ3n) is 4.08. The van der Waals surface area contributed by atoms with Crippen LogP contribution in [-0.2, 0) is 6.42 Å². The van der Waals surface area contributed by atoms with Gasteiger partial charge in [-0.2, -0.15) is 0 Å². The van der Waals surface area contributed by atoms with E-state index in [1.807, 2.05) is 54.6 Å². The molecule has 0 unspecified atom stereocenters. The van der Waals surface area contributed by atoms with Crippen molar-refractivity contribution in [2.75, 3.05) is 11.9 Å². The van der Waals surface area contributed by atoms with Crippen molar-refractivity contribution in [2.24, 2.45) is 0 Å². The van der Waals surface area contributed by atoms with Crippen LogP contribution in [0.5, 0.6) is 0 Å². The number of imidazole rings is 1. The molecule has 0 radical (unpaired) electrons. The lowest BCUT2D eigenvalue weighted by Crippen LogP contribution is -2.27. The van der Waals surface area contributed by atoms with E-state index in [1.54, 1.807) is 12.5 Å². The van der Waals surface area contributed by atoms with Crippen molar-refractivity contribution in [2.45, 2.75) is 6.42 Å². The highest BCUT2D eigenvalue weighted by atomic mass is 16.2. The molecular formula is C20H18N6O. The lowest BCUT2D eigenvalue weighted by molar-refractivity contribution is 0.0944. The molecule has 0 spiro atoms. The van der Waals surface area contributed by atoms with Crippen LogP contribution in [0.15, 0.2) is 67.1 Å². The summed E-state index contributed by atoms with van der Waals surface area (Å²) in [5, 5.41) is 6.99. The van der Waals surface area contributed by atoms with Gasteiger partial charge in [-0.05, 0) is 24.3 Å². The Labute approximate surface area is 155 Å². The fourth-order valence-electron chi connectivity index (χ4n) is 2.74. The summed E-state index contributed by atoms with van der Waals surface area (Å²) in [6.07, 6.45) is 4.01. The first-order valence-electron chi connectivity index (χ1n) is 8.64. The number of rotatable bonds is 6. The van der Waals surface area contributed by atoms with Crippen molar-refractivity contribution >= 4 is 28.3 Å². The van der Waals surface area contributed by atoms with Gasteiger partial charge in [0.25, 0.3) is 5.91 Å². The minimum Gasteiger partial charge on any atom is -0.349 e. The molecule has 3 N–H and O–H groups in total. The van der Waals surface area contributed by atoms with E-state index in [1.165, 1.54) is 0 Å². The third-order valence-corrected chi connectivity index (χ3v) is 4.08. The fourth-order valence-corrected chi connectivity index (χ4v) is 2.74. The summed E-state index contributed by atoms with van der Waals surface area (Å²) in [7, 11) is 0. The van der Waals surface area contributed by atoms with Gasteiger partial charge in [0.15, 0.2) is 0 Å². The van der Waals surface area contributed by atoms with Crippen molar-refractivity contribution in [3.63, 3.8) is 0 Å². The van der Waals surface area contributed by atoms with Crippen LogP contribution < -0.4 is 10.6 Å². The topological polar surface area (TPSA) is 95.6 Å². The van der Waals surface area contributed by atoms with Crippen LogP contribution in [0.4, 0.5) is 11.5 Å². The minimum atomic E-state index is -0.309. The van der Waals surface area contributed by atoms with Crippen LogP contribution >= 0.6 is 0 Å². The monoisotopic (exact) mass is 358 g/mol. The fraction of sp³-hybridized carbons (Fsp3) is 0.100. The number of aromatic amines is 1. The number of anilines is 2. The van der Waals surface area contributed by atoms with E-state index in [2.05, 4.69) is 30.6 Å². The number of H-pyrrole nitrogens is 1. The van der Waals surface area contributed by atoms with Crippen LogP contribution in [0.3, 0.4) is 0 Å². The number of carbonyl (C=O) groups is 1. The van der Waals surface area contributed by atoms with Gasteiger partial charge in [0.05, 0.1) is 11.8 Å². The molecule has 134 valence electrons. The third kappa shape index (κ3) is 3.92. The molecule has 27 heavy (non-hydrogen) atoms. The van der Waals surface area contributed by atoms with E-state index >= 15 is 0 Å². The maximum absolute atomic E-state index is 12.5. The molecule has 2 heterocycles. The summed E-state index contributed by atoms with van der Waals surface area (Å²) in [4.78, 5) is 28.4. The van der Waals surface area contributed by atoms with E-state index in [-0.39, 0.29) is 11.7 Å². The van der Waals surface area contributed by atoms with Gasteiger partial charge in [0.2, 0.25) is 5.82 Å². The predicted octanol–water partition coefficient (Wildman–Crippen LogP) is 3.07. The van der Waals surface area contributed by atoms with Crippen LogP contribution in [0.1, 0.15) is 16.3 Å². The maximum atomic E-state index is 12.5. The Kier molecular flexibility index (Phi) is 4.74. The lowest BCUT2D eigenvalue weighted by atomic mass is 10.2. The number of fused-ring (bicyclic) bond motifs is 1. The zero-order valence-electron chi connectivity index (χ0n) is 14.5. The number of hydrogen-bond donors (Lipinski definition) is 3. The molecule has 0 saturated carbocycles. The summed E-state index contributed by atoms with van der Waals surface area (Å²) in [5.74, 6) is 0.429. The highest BCUT2D eigenvalue weighted by molar-refractivity contribution is 5.97. The number of aromatic nitrogens is 4. The van der Waals surface area contributed by atoms with Gasteiger partial charge in [0, 0.05) is 35.9 Å². The Hall–Kier alpha value is -3.74. The highest BCUT2D eigenvalue weighted by Gasteiger charge is 2.14. The van der Waals surface area contributed by atoms with Crippen molar-refractivity contribution in [1.29, 1.82) is 0 Å². The summed E-state index contributed by atoms with van der Waals surface area (Å²) in [5.41, 5.74) is 2.57. The second-order valence-corrected chi connectivity index (χ2v) is 5.99. The molecule has 0 atom stereocenters. The molecule has 7 nitrogen and oxygen atoms in total. The summed E-state index contributed by atoms with van der Waals surface area (Å²) < 4.78 is 0. The van der Waals surface area contributed by atoms with Crippen LogP contribution in [0.2, 0.25) is 0 Å². The van der Waals surface area contributed by atoms with Gasteiger partial charge < -0.3 is 15.6 Å². The molecule has 0 saturated heterocycles. The van der Waals surface area contributed by atoms with E-state index < -0.39 is 0 Å². The number of nitrogens with zero attached hydrogens (tertiary/aromatic N) is 3. The molecule has 2 aromatic heterocycles. The number of benzene rings is 2. The van der Waals surface area contributed by atoms with E-state index in [0.29, 0.717) is 24.3 Å². The van der Waals surface area contributed by atoms with E-state index in [4.69, 9.17) is 0 Å². The number of nitrogens with one attached hydrogen (secondary N) is 3. The van der Waals surface area contributed by atoms with Crippen molar-refractivity contribution < 1.29 is 4.79 Å². The number of hydrogen-bond acceptors (Lipinski definition) is 5. The second kappa shape index (κ2) is 7.65. The van der Waals surface area contributed by atoms with Crippen molar-refractivity contribution in [3.05, 3.63) is 78.6 Å². The number of amides is 1. The largest absolute Gasteiger partial charge is 0.349 e. The summed E-state index contributed by atoms with van der Waals surface area (Å²) >= 11 is 0. The first-order chi connectivity index (χ1) is 13.3. The van der Waals surface area contributed by atoms with Gasteiger partial charge in [0.1, 0.15) is 5.82 Å².